The molecule has 1 heterocycles. The maximum Gasteiger partial charge on any atom is 0.408 e. The van der Waals surface area contributed by atoms with Crippen LogP contribution in [0, 0.1) is 23.7 Å². The van der Waals surface area contributed by atoms with Gasteiger partial charge in [-0.05, 0) is 115 Å². The number of hydrogen-bond donors (Lipinski definition) is 4. The van der Waals surface area contributed by atoms with E-state index in [0.717, 1.165) is 29.1 Å². The summed E-state index contributed by atoms with van der Waals surface area (Å²) >= 11 is 0. The van der Waals surface area contributed by atoms with Crippen molar-refractivity contribution in [1.82, 2.24) is 40.4 Å². The molecule has 1 saturated heterocycles. The summed E-state index contributed by atoms with van der Waals surface area (Å²) in [6, 6.07) is 15.3. The normalized spacial score (nSPS) is 17.1. The fraction of sp³-hybridized carbons (Fsp3) is 0.615. The van der Waals surface area contributed by atoms with Crippen LogP contribution in [-0.4, -0.2) is 214 Å². The van der Waals surface area contributed by atoms with Crippen molar-refractivity contribution in [1.29, 1.82) is 0 Å². The van der Waals surface area contributed by atoms with E-state index < -0.39 is 167 Å². The molecule has 0 bridgehead atoms. The lowest BCUT2D eigenvalue weighted by Gasteiger charge is -2.39. The average Bonchev–Trinajstić information content (AvgIpc) is 1.65. The predicted octanol–water partition coefficient (Wildman–Crippen LogP) is 7.80. The molecular formula is C78H114N8O17. The van der Waals surface area contributed by atoms with Gasteiger partial charge in [-0.25, -0.2) is 14.4 Å². The van der Waals surface area contributed by atoms with Gasteiger partial charge in [-0.3, -0.25) is 43.2 Å². The molecule has 0 radical (unpaired) electrons. The summed E-state index contributed by atoms with van der Waals surface area (Å²) in [7, 11) is 5.41. The fourth-order valence-corrected chi connectivity index (χ4v) is 13.3. The van der Waals surface area contributed by atoms with Gasteiger partial charge in [-0.15, -0.1) is 0 Å². The minimum Gasteiger partial charge on any atom is -0.462 e. The number of likely N-dealkylation sites (tertiary alicyclic amines) is 1. The minimum atomic E-state index is -2.13. The number of ketones is 1. The number of Topliss-reactive ketones (excluding diaryl/α,β-unsaturated/α-hetero) is 1. The van der Waals surface area contributed by atoms with Crippen LogP contribution in [0.3, 0.4) is 0 Å². The van der Waals surface area contributed by atoms with Crippen LogP contribution in [0.1, 0.15) is 182 Å². The number of benzene rings is 3. The smallest absolute Gasteiger partial charge is 0.408 e. The lowest BCUT2D eigenvalue weighted by atomic mass is 9.94. The highest BCUT2D eigenvalue weighted by atomic mass is 16.6. The van der Waals surface area contributed by atoms with Crippen molar-refractivity contribution in [2.24, 2.45) is 23.7 Å². The molecule has 1 saturated carbocycles. The first-order valence-corrected chi connectivity index (χ1v) is 36.3. The number of carbonyl (C=O) groups is 12. The number of nitrogens with one attached hydrogen (secondary N) is 3. The van der Waals surface area contributed by atoms with Gasteiger partial charge in [0, 0.05) is 65.5 Å². The van der Waals surface area contributed by atoms with Crippen LogP contribution in [-0.2, 0) is 79.7 Å². The van der Waals surface area contributed by atoms with Crippen LogP contribution in [0.15, 0.2) is 91.0 Å². The van der Waals surface area contributed by atoms with Gasteiger partial charge in [0.25, 0.3) is 5.91 Å². The maximum atomic E-state index is 15.4. The Bertz CT molecular complexity index is 3350. The molecule has 11 atom stereocenters. The van der Waals surface area contributed by atoms with E-state index in [1.807, 2.05) is 6.92 Å². The van der Waals surface area contributed by atoms with Crippen LogP contribution < -0.4 is 16.0 Å². The van der Waals surface area contributed by atoms with Crippen molar-refractivity contribution >= 4 is 71.1 Å². The number of amides is 8. The predicted molar refractivity (Wildman–Crippen MR) is 387 cm³/mol. The van der Waals surface area contributed by atoms with Gasteiger partial charge in [-0.1, -0.05) is 159 Å². The summed E-state index contributed by atoms with van der Waals surface area (Å²) in [5.74, 6) is -10.8. The monoisotopic (exact) mass is 1430 g/mol. The summed E-state index contributed by atoms with van der Waals surface area (Å²) in [5.41, 5.74) is -1.34. The number of hydrogen-bond acceptors (Lipinski definition) is 17. The van der Waals surface area contributed by atoms with E-state index in [1.165, 1.54) is 56.7 Å². The van der Waals surface area contributed by atoms with Gasteiger partial charge < -0.3 is 64.5 Å². The first-order valence-electron chi connectivity index (χ1n) is 36.3. The van der Waals surface area contributed by atoms with Crippen molar-refractivity contribution < 1.29 is 81.6 Å². The molecule has 0 aromatic heterocycles. The molecule has 3 aromatic carbocycles. The van der Waals surface area contributed by atoms with Crippen LogP contribution >= 0.6 is 0 Å². The quantitative estimate of drug-likeness (QED) is 0.0248. The SMILES string of the molecule is CC[C@@H](C)[C@H](NC(=O)OC(C)(C)C)C(=O)N(C)[C@H](C(=O)N[C@@H](CCC(=O)OC1CCCCC1)C(=O)N(C)[C@H](C(=O)O[C@H](C(=O)N(C)[C@H](C(=O)N[C@@H](Cc1ccccc1)C(=O)N(C)[C@@H](Cc1ccccc1)C(=O)N1CCC[C@H]1C(=O)OCC(=O)c1ccccc1)C(C)C)[C@H](C)CC)C(C)(C)O)C(C)C. The Balaban J connectivity index is 1.45. The average molecular weight is 1440 g/mol. The second-order valence-electron chi connectivity index (χ2n) is 29.9. The van der Waals surface area contributed by atoms with E-state index in [2.05, 4.69) is 16.0 Å². The van der Waals surface area contributed by atoms with E-state index in [0.29, 0.717) is 42.4 Å². The van der Waals surface area contributed by atoms with Crippen LogP contribution in [0.25, 0.3) is 0 Å². The molecule has 0 unspecified atom stereocenters. The van der Waals surface area contributed by atoms with Gasteiger partial charge in [0.15, 0.2) is 24.5 Å². The molecule has 1 aliphatic carbocycles. The van der Waals surface area contributed by atoms with E-state index >= 15 is 28.8 Å². The van der Waals surface area contributed by atoms with Gasteiger partial charge in [-0.2, -0.15) is 0 Å². The zero-order chi connectivity index (χ0) is 76.8. The summed E-state index contributed by atoms with van der Waals surface area (Å²) < 4.78 is 23.0. The molecule has 1 aliphatic heterocycles. The van der Waals surface area contributed by atoms with Crippen LogP contribution in [0.4, 0.5) is 4.79 Å². The van der Waals surface area contributed by atoms with Crippen molar-refractivity contribution in [3.8, 4) is 0 Å². The zero-order valence-electron chi connectivity index (χ0n) is 63.6. The third-order valence-electron chi connectivity index (χ3n) is 19.4. The molecule has 2 fully saturated rings. The summed E-state index contributed by atoms with van der Waals surface area (Å²) in [5, 5.41) is 20.3. The lowest BCUT2D eigenvalue weighted by Crippen LogP contribution is -2.63. The lowest BCUT2D eigenvalue weighted by molar-refractivity contribution is -0.177. The van der Waals surface area contributed by atoms with E-state index in [9.17, 15) is 33.9 Å². The highest BCUT2D eigenvalue weighted by Gasteiger charge is 2.48. The molecule has 568 valence electrons. The fourth-order valence-electron chi connectivity index (χ4n) is 13.3. The largest absolute Gasteiger partial charge is 0.462 e. The molecule has 3 aromatic rings. The summed E-state index contributed by atoms with van der Waals surface area (Å²) in [4.78, 5) is 180. The number of esters is 3. The minimum absolute atomic E-state index is 0.00440. The number of rotatable bonds is 35. The van der Waals surface area contributed by atoms with Crippen molar-refractivity contribution in [2.45, 2.75) is 245 Å². The second-order valence-corrected chi connectivity index (χ2v) is 29.9. The van der Waals surface area contributed by atoms with Gasteiger partial charge >= 0.3 is 24.0 Å². The first kappa shape index (κ1) is 84.9. The highest BCUT2D eigenvalue weighted by molar-refractivity contribution is 6.00. The molecule has 2 aliphatic rings. The van der Waals surface area contributed by atoms with Crippen molar-refractivity contribution in [3.63, 3.8) is 0 Å². The molecule has 25 nitrogen and oxygen atoms in total. The Hall–Kier alpha value is -8.74. The third-order valence-corrected chi connectivity index (χ3v) is 19.4. The number of nitrogens with zero attached hydrogens (tertiary/aromatic N) is 5. The number of alkyl carbamates (subject to hydrolysis) is 1. The molecule has 5 rings (SSSR count). The third kappa shape index (κ3) is 24.4. The van der Waals surface area contributed by atoms with Crippen LogP contribution in [0.5, 0.6) is 0 Å². The van der Waals surface area contributed by atoms with Gasteiger partial charge in [0.1, 0.15) is 54.0 Å². The standard InChI is InChI=1S/C78H114N8O17/c1-18-50(7)62(81-76(98)103-77(9,10)11)72(94)83(15)63(48(3)4)67(89)79-56(42-43-61(88)101-55-39-30-23-31-40-55)69(91)85(17)66(78(12,13)99)75(97)102-65(51(8)19-2)73(95)84(16)64(49(5)6)68(90)80-57(45-52-33-24-20-25-34-52)70(92)82(14)59(46-53-35-26-21-27-36-53)71(93)86-44-32-41-58(86)74(96)100-47-60(87)54-37-28-22-29-38-54/h20-22,24-29,33-38,48-51,55-59,62-66,99H,18-19,23,30-32,39-47H2,1-17H3,(H,79,89)(H,80,90)(H,81,98)/t50-,51-,56+,57+,58+,59+,62+,63+,64+,65+,66-/m1/s1. The number of carbonyl (C=O) groups excluding carboxylic acids is 12. The molecule has 4 N–H and O–H groups in total. The molecular weight excluding hydrogens is 1320 g/mol. The van der Waals surface area contributed by atoms with Crippen molar-refractivity contribution in [3.05, 3.63) is 108 Å². The Morgan fingerprint density at radius 2 is 1.09 bits per heavy atom. The van der Waals surface area contributed by atoms with Gasteiger partial charge in [0.2, 0.25) is 35.4 Å². The Morgan fingerprint density at radius 1 is 0.583 bits per heavy atom. The Morgan fingerprint density at radius 3 is 1.60 bits per heavy atom. The van der Waals surface area contributed by atoms with Crippen LogP contribution in [0.2, 0.25) is 0 Å². The summed E-state index contributed by atoms with van der Waals surface area (Å²) in [6.07, 6.45) is 1.76. The molecule has 0 spiro atoms. The Kier molecular flexibility index (Phi) is 32.3. The van der Waals surface area contributed by atoms with E-state index in [4.69, 9.17) is 18.9 Å². The van der Waals surface area contributed by atoms with Gasteiger partial charge in [0.05, 0.1) is 5.60 Å². The van der Waals surface area contributed by atoms with E-state index in [1.54, 1.807) is 160 Å². The molecule has 25 heteroatoms. The topological polar surface area (TPSA) is 314 Å². The maximum absolute atomic E-state index is 15.4. The first-order chi connectivity index (χ1) is 48.4. The number of ether oxygens (including phenoxy) is 4. The van der Waals surface area contributed by atoms with Crippen molar-refractivity contribution in [2.75, 3.05) is 41.3 Å². The van der Waals surface area contributed by atoms with E-state index in [-0.39, 0.29) is 51.2 Å². The Labute approximate surface area is 608 Å². The second kappa shape index (κ2) is 39.2. The molecule has 8 amide bonds. The number of likely N-dealkylation sites (N-methyl/N-ethyl adjacent to an activating group) is 4. The molecule has 103 heavy (non-hydrogen) atoms. The summed E-state index contributed by atoms with van der Waals surface area (Å²) in [6.45, 7) is 20.9. The zero-order valence-corrected chi connectivity index (χ0v) is 63.6. The highest BCUT2D eigenvalue weighted by Crippen LogP contribution is 2.28. The number of aliphatic hydroxyl groups is 1.